The normalized spacial score (nSPS) is 10.2. The van der Waals surface area contributed by atoms with E-state index in [1.165, 1.54) is 6.07 Å². The van der Waals surface area contributed by atoms with E-state index in [4.69, 9.17) is 14.6 Å². The van der Waals surface area contributed by atoms with Crippen molar-refractivity contribution >= 4 is 21.9 Å². The number of ether oxygens (including phenoxy) is 2. The molecule has 0 fully saturated rings. The molecule has 0 spiro atoms. The molecular formula is C16H15BrO4. The van der Waals surface area contributed by atoms with Crippen LogP contribution in [0.25, 0.3) is 0 Å². The average Bonchev–Trinajstić information content (AvgIpc) is 2.49. The molecule has 0 amide bonds. The van der Waals surface area contributed by atoms with Gasteiger partial charge in [0.15, 0.2) is 0 Å². The van der Waals surface area contributed by atoms with E-state index in [1.54, 1.807) is 19.2 Å². The van der Waals surface area contributed by atoms with Gasteiger partial charge in [0.2, 0.25) is 0 Å². The Morgan fingerprint density at radius 1 is 1.14 bits per heavy atom. The van der Waals surface area contributed by atoms with Crippen LogP contribution in [0, 0.1) is 0 Å². The zero-order valence-corrected chi connectivity index (χ0v) is 13.1. The molecular weight excluding hydrogens is 336 g/mol. The number of rotatable bonds is 6. The number of aromatic carboxylic acids is 1. The molecule has 0 saturated carbocycles. The molecule has 4 nitrogen and oxygen atoms in total. The summed E-state index contributed by atoms with van der Waals surface area (Å²) in [6, 6.07) is 12.7. The van der Waals surface area contributed by atoms with Crippen molar-refractivity contribution in [2.24, 2.45) is 0 Å². The van der Waals surface area contributed by atoms with Crippen LogP contribution in [-0.2, 0) is 6.42 Å². The van der Waals surface area contributed by atoms with Gasteiger partial charge in [0.25, 0.3) is 0 Å². The van der Waals surface area contributed by atoms with E-state index in [1.807, 2.05) is 24.3 Å². The summed E-state index contributed by atoms with van der Waals surface area (Å²) >= 11 is 3.20. The summed E-state index contributed by atoms with van der Waals surface area (Å²) in [7, 11) is 1.63. The van der Waals surface area contributed by atoms with Crippen LogP contribution in [0.1, 0.15) is 15.9 Å². The van der Waals surface area contributed by atoms with E-state index in [-0.39, 0.29) is 5.56 Å². The number of hydrogen-bond acceptors (Lipinski definition) is 3. The number of benzene rings is 2. The number of methoxy groups -OCH3 is 1. The Kier molecular flexibility index (Phi) is 5.22. The van der Waals surface area contributed by atoms with E-state index in [9.17, 15) is 4.79 Å². The van der Waals surface area contributed by atoms with Crippen molar-refractivity contribution in [2.75, 3.05) is 13.7 Å². The molecule has 0 heterocycles. The summed E-state index contributed by atoms with van der Waals surface area (Å²) in [6.45, 7) is 0.479. The maximum atomic E-state index is 11.0. The van der Waals surface area contributed by atoms with Gasteiger partial charge in [0, 0.05) is 10.9 Å². The van der Waals surface area contributed by atoms with Crippen LogP contribution < -0.4 is 9.47 Å². The average molecular weight is 351 g/mol. The van der Waals surface area contributed by atoms with Crippen LogP contribution >= 0.6 is 15.9 Å². The molecule has 0 atom stereocenters. The number of carbonyl (C=O) groups is 1. The van der Waals surface area contributed by atoms with Crippen LogP contribution in [0.15, 0.2) is 46.9 Å². The maximum Gasteiger partial charge on any atom is 0.336 e. The predicted molar refractivity (Wildman–Crippen MR) is 83.3 cm³/mol. The van der Waals surface area contributed by atoms with Gasteiger partial charge in [-0.1, -0.05) is 12.1 Å². The van der Waals surface area contributed by atoms with Crippen molar-refractivity contribution in [1.29, 1.82) is 0 Å². The molecule has 2 rings (SSSR count). The fraction of sp³-hybridized carbons (Fsp3) is 0.188. The van der Waals surface area contributed by atoms with Crippen LogP contribution in [-0.4, -0.2) is 24.8 Å². The Bertz CT molecular complexity index is 623. The Hall–Kier alpha value is -2.01. The summed E-state index contributed by atoms with van der Waals surface area (Å²) in [4.78, 5) is 11.0. The van der Waals surface area contributed by atoms with E-state index >= 15 is 0 Å². The van der Waals surface area contributed by atoms with Gasteiger partial charge >= 0.3 is 5.97 Å². The van der Waals surface area contributed by atoms with Crippen LogP contribution in [0.4, 0.5) is 0 Å². The quantitative estimate of drug-likeness (QED) is 0.861. The third-order valence-corrected chi connectivity index (χ3v) is 3.68. The first-order valence-corrected chi connectivity index (χ1v) is 7.18. The Balaban J connectivity index is 1.93. The number of carboxylic acid groups (broad SMARTS) is 1. The highest BCUT2D eigenvalue weighted by molar-refractivity contribution is 9.10. The predicted octanol–water partition coefficient (Wildman–Crippen LogP) is 3.78. The lowest BCUT2D eigenvalue weighted by molar-refractivity contribution is 0.0695. The van der Waals surface area contributed by atoms with Gasteiger partial charge in [-0.05, 0) is 51.8 Å². The standard InChI is InChI=1S/C16H15BrO4/c1-20-12-4-2-11(3-5-12)8-9-21-13-6-7-15(17)14(10-13)16(18)19/h2-7,10H,8-9H2,1H3,(H,18,19). The van der Waals surface area contributed by atoms with Crippen molar-refractivity contribution < 1.29 is 19.4 Å². The number of hydrogen-bond donors (Lipinski definition) is 1. The number of carboxylic acids is 1. The molecule has 2 aromatic carbocycles. The van der Waals surface area contributed by atoms with Crippen LogP contribution in [0.2, 0.25) is 0 Å². The lowest BCUT2D eigenvalue weighted by Crippen LogP contribution is -2.03. The second-order valence-corrected chi connectivity index (χ2v) is 5.25. The largest absolute Gasteiger partial charge is 0.497 e. The lowest BCUT2D eigenvalue weighted by atomic mass is 10.1. The molecule has 0 saturated heterocycles. The molecule has 0 radical (unpaired) electrons. The van der Waals surface area contributed by atoms with Crippen molar-refractivity contribution in [3.05, 3.63) is 58.1 Å². The van der Waals surface area contributed by atoms with Gasteiger partial charge in [-0.15, -0.1) is 0 Å². The monoisotopic (exact) mass is 350 g/mol. The Morgan fingerprint density at radius 3 is 2.43 bits per heavy atom. The second kappa shape index (κ2) is 7.13. The minimum atomic E-state index is -0.984. The van der Waals surface area contributed by atoms with Gasteiger partial charge in [-0.3, -0.25) is 0 Å². The minimum absolute atomic E-state index is 0.192. The molecule has 0 aliphatic carbocycles. The SMILES string of the molecule is COc1ccc(CCOc2ccc(Br)c(C(=O)O)c2)cc1. The minimum Gasteiger partial charge on any atom is -0.497 e. The van der Waals surface area contributed by atoms with Crippen molar-refractivity contribution in [1.82, 2.24) is 0 Å². The highest BCUT2D eigenvalue weighted by Crippen LogP contribution is 2.23. The molecule has 1 N–H and O–H groups in total. The molecule has 2 aromatic rings. The zero-order chi connectivity index (χ0) is 15.2. The van der Waals surface area contributed by atoms with Gasteiger partial charge < -0.3 is 14.6 Å². The topological polar surface area (TPSA) is 55.8 Å². The van der Waals surface area contributed by atoms with E-state index in [0.717, 1.165) is 17.7 Å². The molecule has 0 aliphatic heterocycles. The first-order chi connectivity index (χ1) is 10.1. The first-order valence-electron chi connectivity index (χ1n) is 6.38. The maximum absolute atomic E-state index is 11.0. The van der Waals surface area contributed by atoms with Crippen molar-refractivity contribution in [2.45, 2.75) is 6.42 Å². The van der Waals surface area contributed by atoms with Gasteiger partial charge in [-0.25, -0.2) is 4.79 Å². The fourth-order valence-electron chi connectivity index (χ4n) is 1.84. The molecule has 0 aromatic heterocycles. The van der Waals surface area contributed by atoms with Crippen LogP contribution in [0.3, 0.4) is 0 Å². The summed E-state index contributed by atoms with van der Waals surface area (Å²) in [5.74, 6) is 0.380. The molecule has 0 bridgehead atoms. The van der Waals surface area contributed by atoms with Crippen molar-refractivity contribution in [3.8, 4) is 11.5 Å². The second-order valence-electron chi connectivity index (χ2n) is 4.39. The van der Waals surface area contributed by atoms with E-state index < -0.39 is 5.97 Å². The summed E-state index contributed by atoms with van der Waals surface area (Å²) in [5.41, 5.74) is 1.32. The summed E-state index contributed by atoms with van der Waals surface area (Å²) in [6.07, 6.45) is 0.739. The summed E-state index contributed by atoms with van der Waals surface area (Å²) < 4.78 is 11.2. The van der Waals surface area contributed by atoms with Gasteiger partial charge in [-0.2, -0.15) is 0 Å². The zero-order valence-electron chi connectivity index (χ0n) is 11.5. The van der Waals surface area contributed by atoms with Crippen LogP contribution in [0.5, 0.6) is 11.5 Å². The molecule has 110 valence electrons. The van der Waals surface area contributed by atoms with Gasteiger partial charge in [0.05, 0.1) is 19.3 Å². The van der Waals surface area contributed by atoms with Crippen molar-refractivity contribution in [3.63, 3.8) is 0 Å². The third kappa shape index (κ3) is 4.23. The smallest absolute Gasteiger partial charge is 0.336 e. The Labute approximate surface area is 131 Å². The summed E-state index contributed by atoms with van der Waals surface area (Å²) in [5, 5.41) is 9.05. The lowest BCUT2D eigenvalue weighted by Gasteiger charge is -2.08. The molecule has 0 aliphatic rings. The Morgan fingerprint density at radius 2 is 1.81 bits per heavy atom. The van der Waals surface area contributed by atoms with E-state index in [2.05, 4.69) is 15.9 Å². The highest BCUT2D eigenvalue weighted by atomic mass is 79.9. The molecule has 5 heteroatoms. The molecule has 21 heavy (non-hydrogen) atoms. The van der Waals surface area contributed by atoms with Gasteiger partial charge in [0.1, 0.15) is 11.5 Å². The molecule has 0 unspecified atom stereocenters. The highest BCUT2D eigenvalue weighted by Gasteiger charge is 2.09. The first kappa shape index (κ1) is 15.4. The number of halogens is 1. The fourth-order valence-corrected chi connectivity index (χ4v) is 2.25. The third-order valence-electron chi connectivity index (χ3n) is 2.99. The van der Waals surface area contributed by atoms with E-state index in [0.29, 0.717) is 16.8 Å².